The number of rotatable bonds is 5. The first-order valence-corrected chi connectivity index (χ1v) is 8.70. The van der Waals surface area contributed by atoms with E-state index in [1.54, 1.807) is 25.1 Å². The van der Waals surface area contributed by atoms with Crippen LogP contribution >= 0.6 is 11.8 Å². The van der Waals surface area contributed by atoms with Gasteiger partial charge in [-0.3, -0.25) is 14.9 Å². The second-order valence-corrected chi connectivity index (χ2v) is 6.41. The van der Waals surface area contributed by atoms with Crippen LogP contribution in [-0.4, -0.2) is 23.1 Å². The second kappa shape index (κ2) is 7.93. The Kier molecular flexibility index (Phi) is 5.43. The highest BCUT2D eigenvalue weighted by molar-refractivity contribution is 8.03. The van der Waals surface area contributed by atoms with Crippen LogP contribution in [0, 0.1) is 23.4 Å². The summed E-state index contributed by atoms with van der Waals surface area (Å²) in [5.41, 5.74) is 1.78. The molecule has 3 aromatic rings. The van der Waals surface area contributed by atoms with E-state index < -0.39 is 0 Å². The van der Waals surface area contributed by atoms with Crippen LogP contribution in [0.4, 0.5) is 10.1 Å². The Morgan fingerprint density at radius 1 is 1.30 bits per heavy atom. The van der Waals surface area contributed by atoms with Gasteiger partial charge in [-0.15, -0.1) is 0 Å². The van der Waals surface area contributed by atoms with Gasteiger partial charge in [-0.1, -0.05) is 0 Å². The van der Waals surface area contributed by atoms with Gasteiger partial charge in [-0.25, -0.2) is 9.07 Å². The Morgan fingerprint density at radius 2 is 2.04 bits per heavy atom. The summed E-state index contributed by atoms with van der Waals surface area (Å²) in [5, 5.41) is 13.7. The molecule has 0 aliphatic carbocycles. The van der Waals surface area contributed by atoms with E-state index in [0.717, 1.165) is 16.7 Å². The molecule has 0 radical (unpaired) electrons. The fourth-order valence-electron chi connectivity index (χ4n) is 2.50. The number of aliphatic imine (C=N–C) groups is 1. The molecule has 0 saturated heterocycles. The van der Waals surface area contributed by atoms with E-state index in [1.165, 1.54) is 42.3 Å². The number of H-pyrrole nitrogens is 1. The molecule has 6 nitrogen and oxygen atoms in total. The number of halogens is 1. The Hall–Kier alpha value is -3.31. The molecule has 0 bridgehead atoms. The van der Waals surface area contributed by atoms with Crippen molar-refractivity contribution in [3.8, 4) is 16.8 Å². The Bertz CT molecular complexity index is 1090. The van der Waals surface area contributed by atoms with Gasteiger partial charge >= 0.3 is 0 Å². The van der Waals surface area contributed by atoms with Gasteiger partial charge in [0.2, 0.25) is 0 Å². The third-order valence-corrected chi connectivity index (χ3v) is 4.43. The lowest BCUT2D eigenvalue weighted by Crippen LogP contribution is -2.17. The van der Waals surface area contributed by atoms with E-state index in [9.17, 15) is 9.18 Å². The number of methoxy groups -OCH3 is 1. The van der Waals surface area contributed by atoms with Crippen molar-refractivity contribution in [3.63, 3.8) is 0 Å². The number of ether oxygens (including phenoxy) is 1. The zero-order chi connectivity index (χ0) is 19.4. The summed E-state index contributed by atoms with van der Waals surface area (Å²) in [6.45, 7) is 1.76. The molecule has 1 aromatic heterocycles. The number of nitriles is 1. The maximum Gasteiger partial charge on any atom is 0.280 e. The number of hydrogen-bond acceptors (Lipinski definition) is 5. The van der Waals surface area contributed by atoms with Crippen molar-refractivity contribution in [2.75, 3.05) is 7.11 Å². The predicted molar refractivity (Wildman–Crippen MR) is 103 cm³/mol. The number of aromatic nitrogens is 2. The van der Waals surface area contributed by atoms with Crippen LogP contribution in [0.2, 0.25) is 0 Å². The standard InChI is InChI=1S/C19H15FN4O2S/c1-12-16(19(25)24(23-12)14-5-3-13(20)4-6-14)10-22-17-8-7-15(27-11-21)9-18(17)26-2/h3-10,23H,1-2H3. The van der Waals surface area contributed by atoms with Gasteiger partial charge in [0.1, 0.15) is 22.7 Å². The van der Waals surface area contributed by atoms with Gasteiger partial charge < -0.3 is 4.74 Å². The molecule has 1 heterocycles. The molecule has 0 saturated carbocycles. The zero-order valence-corrected chi connectivity index (χ0v) is 15.4. The van der Waals surface area contributed by atoms with Crippen molar-refractivity contribution in [2.24, 2.45) is 4.99 Å². The normalized spacial score (nSPS) is 10.9. The molecular formula is C19H15FN4O2S. The van der Waals surface area contributed by atoms with Crippen LogP contribution in [0.5, 0.6) is 5.75 Å². The number of aryl methyl sites for hydroxylation is 1. The van der Waals surface area contributed by atoms with Crippen LogP contribution in [0.1, 0.15) is 11.3 Å². The molecule has 0 atom stereocenters. The first-order chi connectivity index (χ1) is 13.0. The van der Waals surface area contributed by atoms with Gasteiger partial charge in [0, 0.05) is 16.8 Å². The van der Waals surface area contributed by atoms with Gasteiger partial charge in [0.25, 0.3) is 5.56 Å². The van der Waals surface area contributed by atoms with E-state index in [1.807, 2.05) is 5.40 Å². The third kappa shape index (κ3) is 3.93. The highest BCUT2D eigenvalue weighted by atomic mass is 32.2. The highest BCUT2D eigenvalue weighted by Crippen LogP contribution is 2.32. The molecule has 136 valence electrons. The SMILES string of the molecule is COc1cc(SC#N)ccc1N=Cc1c(C)[nH]n(-c2ccc(F)cc2)c1=O. The fraction of sp³-hybridized carbons (Fsp3) is 0.105. The summed E-state index contributed by atoms with van der Waals surface area (Å²) in [5.74, 6) is 0.125. The van der Waals surface area contributed by atoms with E-state index in [2.05, 4.69) is 10.1 Å². The van der Waals surface area contributed by atoms with E-state index in [-0.39, 0.29) is 11.4 Å². The van der Waals surface area contributed by atoms with Crippen LogP contribution in [-0.2, 0) is 0 Å². The summed E-state index contributed by atoms with van der Waals surface area (Å²) < 4.78 is 19.7. The second-order valence-electron chi connectivity index (χ2n) is 5.55. The monoisotopic (exact) mass is 382 g/mol. The summed E-state index contributed by atoms with van der Waals surface area (Å²) in [6.07, 6.45) is 1.46. The average molecular weight is 382 g/mol. The first-order valence-electron chi connectivity index (χ1n) is 7.89. The number of nitrogens with one attached hydrogen (secondary N) is 1. The van der Waals surface area contributed by atoms with Crippen LogP contribution in [0.25, 0.3) is 5.69 Å². The lowest BCUT2D eigenvalue weighted by Gasteiger charge is -2.05. The third-order valence-electron chi connectivity index (χ3n) is 3.85. The fourth-order valence-corrected chi connectivity index (χ4v) is 2.91. The summed E-state index contributed by atoms with van der Waals surface area (Å²) >= 11 is 1.02. The predicted octanol–water partition coefficient (Wildman–Crippen LogP) is 3.95. The molecule has 1 N–H and O–H groups in total. The molecule has 2 aromatic carbocycles. The zero-order valence-electron chi connectivity index (χ0n) is 14.6. The van der Waals surface area contributed by atoms with Crippen LogP contribution in [0.3, 0.4) is 0 Å². The molecule has 0 amide bonds. The number of benzene rings is 2. The molecule has 0 aliphatic heterocycles. The molecule has 8 heteroatoms. The average Bonchev–Trinajstić information content (AvgIpc) is 2.95. The Labute approximate surface area is 158 Å². The van der Waals surface area contributed by atoms with E-state index in [0.29, 0.717) is 28.4 Å². The summed E-state index contributed by atoms with van der Waals surface area (Å²) in [6, 6.07) is 10.8. The van der Waals surface area contributed by atoms with Crippen molar-refractivity contribution in [2.45, 2.75) is 11.8 Å². The minimum atomic E-state index is -0.373. The lowest BCUT2D eigenvalue weighted by atomic mass is 10.2. The molecular weight excluding hydrogens is 367 g/mol. The number of aromatic amines is 1. The summed E-state index contributed by atoms with van der Waals surface area (Å²) in [4.78, 5) is 17.8. The van der Waals surface area contributed by atoms with Crippen LogP contribution < -0.4 is 10.3 Å². The minimum absolute atomic E-state index is 0.293. The van der Waals surface area contributed by atoms with E-state index in [4.69, 9.17) is 10.00 Å². The van der Waals surface area contributed by atoms with Crippen molar-refractivity contribution >= 4 is 23.7 Å². The lowest BCUT2D eigenvalue weighted by molar-refractivity contribution is 0.415. The van der Waals surface area contributed by atoms with Gasteiger partial charge in [0.05, 0.1) is 18.4 Å². The molecule has 0 spiro atoms. The molecule has 0 aliphatic rings. The quantitative estimate of drug-likeness (QED) is 0.411. The number of thioether (sulfide) groups is 1. The van der Waals surface area contributed by atoms with Crippen LogP contribution in [0.15, 0.2) is 57.1 Å². The number of thiocyanates is 1. The van der Waals surface area contributed by atoms with Gasteiger partial charge in [-0.2, -0.15) is 5.26 Å². The van der Waals surface area contributed by atoms with Gasteiger partial charge in [-0.05, 0) is 61.2 Å². The highest BCUT2D eigenvalue weighted by Gasteiger charge is 2.11. The summed E-state index contributed by atoms with van der Waals surface area (Å²) in [7, 11) is 1.51. The largest absolute Gasteiger partial charge is 0.494 e. The smallest absolute Gasteiger partial charge is 0.280 e. The van der Waals surface area contributed by atoms with Crippen molar-refractivity contribution in [3.05, 3.63) is 69.9 Å². The Balaban J connectivity index is 1.96. The van der Waals surface area contributed by atoms with Crippen molar-refractivity contribution in [1.29, 1.82) is 5.26 Å². The molecule has 27 heavy (non-hydrogen) atoms. The molecule has 0 unspecified atom stereocenters. The maximum absolute atomic E-state index is 13.1. The topological polar surface area (TPSA) is 83.2 Å². The molecule has 0 fully saturated rings. The number of hydrogen-bond donors (Lipinski definition) is 1. The Morgan fingerprint density at radius 3 is 2.70 bits per heavy atom. The maximum atomic E-state index is 13.1. The number of nitrogens with zero attached hydrogens (tertiary/aromatic N) is 3. The van der Waals surface area contributed by atoms with E-state index >= 15 is 0 Å². The van der Waals surface area contributed by atoms with Gasteiger partial charge in [0.15, 0.2) is 0 Å². The first kappa shape index (κ1) is 18.5. The molecule has 3 rings (SSSR count). The van der Waals surface area contributed by atoms with Crippen molar-refractivity contribution < 1.29 is 9.13 Å². The van der Waals surface area contributed by atoms with Crippen molar-refractivity contribution in [1.82, 2.24) is 9.78 Å². The minimum Gasteiger partial charge on any atom is -0.494 e.